The van der Waals surface area contributed by atoms with Crippen LogP contribution in [-0.4, -0.2) is 18.3 Å². The van der Waals surface area contributed by atoms with Crippen molar-refractivity contribution in [3.05, 3.63) is 33.8 Å². The van der Waals surface area contributed by atoms with E-state index in [-0.39, 0.29) is 43.1 Å². The van der Waals surface area contributed by atoms with E-state index in [2.05, 4.69) is 20.7 Å². The molecule has 0 radical (unpaired) electrons. The summed E-state index contributed by atoms with van der Waals surface area (Å²) in [6.45, 7) is 1.74. The maximum Gasteiger partial charge on any atom is 0.416 e. The van der Waals surface area contributed by atoms with Crippen LogP contribution in [0, 0.1) is 5.41 Å². The van der Waals surface area contributed by atoms with Crippen LogP contribution in [0.25, 0.3) is 0 Å². The van der Waals surface area contributed by atoms with Gasteiger partial charge >= 0.3 is 12.1 Å². The van der Waals surface area contributed by atoms with Crippen LogP contribution >= 0.6 is 39.9 Å². The van der Waals surface area contributed by atoms with Gasteiger partial charge < -0.3 is 4.74 Å². The van der Waals surface area contributed by atoms with E-state index < -0.39 is 23.1 Å². The standard InChI is InChI=1S/C14H14BrClF3NO2.ClH/c1-2-22-13(21)12(20)6-5-11(16)9-4-3-8(15)7-10(9)14(17,18)19;/h3-4,7,11,20H,2,5-6H2,1H3;1H. The van der Waals surface area contributed by atoms with Crippen LogP contribution in [0.5, 0.6) is 0 Å². The fourth-order valence-corrected chi connectivity index (χ4v) is 2.45. The van der Waals surface area contributed by atoms with Gasteiger partial charge in [0.25, 0.3) is 0 Å². The van der Waals surface area contributed by atoms with E-state index in [9.17, 15) is 18.0 Å². The topological polar surface area (TPSA) is 50.2 Å². The molecule has 1 atom stereocenters. The SMILES string of the molecule is CCOC(=O)C(=N)CCC(Cl)c1ccc(Br)cc1C(F)(F)F.Cl. The molecule has 0 aliphatic rings. The van der Waals surface area contributed by atoms with Gasteiger partial charge in [-0.1, -0.05) is 22.0 Å². The maximum absolute atomic E-state index is 13.0. The Kier molecular flexibility index (Phi) is 9.17. The van der Waals surface area contributed by atoms with E-state index >= 15 is 0 Å². The van der Waals surface area contributed by atoms with Gasteiger partial charge in [0.2, 0.25) is 0 Å². The van der Waals surface area contributed by atoms with Crippen molar-refractivity contribution in [1.82, 2.24) is 0 Å². The molecule has 3 nitrogen and oxygen atoms in total. The Labute approximate surface area is 151 Å². The Bertz CT molecular complexity index is 567. The van der Waals surface area contributed by atoms with E-state index in [1.165, 1.54) is 12.1 Å². The third kappa shape index (κ3) is 6.69. The number of alkyl halides is 4. The second-order valence-corrected chi connectivity index (χ2v) is 5.88. The van der Waals surface area contributed by atoms with Gasteiger partial charge in [0.15, 0.2) is 0 Å². The molecule has 0 spiro atoms. The molecule has 0 saturated heterocycles. The number of esters is 1. The monoisotopic (exact) mass is 435 g/mol. The summed E-state index contributed by atoms with van der Waals surface area (Å²) < 4.78 is 44.0. The zero-order chi connectivity index (χ0) is 16.9. The molecular weight excluding hydrogens is 422 g/mol. The van der Waals surface area contributed by atoms with E-state index in [1.54, 1.807) is 6.92 Å². The fraction of sp³-hybridized carbons (Fsp3) is 0.429. The van der Waals surface area contributed by atoms with Crippen LogP contribution in [0.3, 0.4) is 0 Å². The molecule has 0 aliphatic carbocycles. The summed E-state index contributed by atoms with van der Waals surface area (Å²) >= 11 is 9.03. The summed E-state index contributed by atoms with van der Waals surface area (Å²) in [5, 5.41) is 6.54. The van der Waals surface area contributed by atoms with Crippen LogP contribution < -0.4 is 0 Å². The first kappa shape index (κ1) is 22.2. The Morgan fingerprint density at radius 2 is 2.04 bits per heavy atom. The smallest absolute Gasteiger partial charge is 0.416 e. The first-order chi connectivity index (χ1) is 10.2. The highest BCUT2D eigenvalue weighted by Gasteiger charge is 2.35. The molecule has 1 rings (SSSR count). The summed E-state index contributed by atoms with van der Waals surface area (Å²) in [6.07, 6.45) is -4.55. The second kappa shape index (κ2) is 9.49. The third-order valence-electron chi connectivity index (χ3n) is 2.83. The number of carbonyl (C=O) groups is 1. The zero-order valence-corrected chi connectivity index (χ0v) is 15.2. The van der Waals surface area contributed by atoms with Crippen molar-refractivity contribution >= 4 is 51.6 Å². The van der Waals surface area contributed by atoms with Gasteiger partial charge in [-0.2, -0.15) is 13.2 Å². The van der Waals surface area contributed by atoms with Crippen molar-refractivity contribution in [2.75, 3.05) is 6.61 Å². The summed E-state index contributed by atoms with van der Waals surface area (Å²) in [5.41, 5.74) is -1.21. The average molecular weight is 437 g/mol. The van der Waals surface area contributed by atoms with Gasteiger partial charge in [-0.25, -0.2) is 4.79 Å². The highest BCUT2D eigenvalue weighted by molar-refractivity contribution is 9.10. The van der Waals surface area contributed by atoms with Gasteiger partial charge in [-0.3, -0.25) is 5.41 Å². The quantitative estimate of drug-likeness (QED) is 0.362. The van der Waals surface area contributed by atoms with Gasteiger partial charge in [-0.15, -0.1) is 24.0 Å². The predicted octanol–water partition coefficient (Wildman–Crippen LogP) is 5.53. The number of hydrogen-bond donors (Lipinski definition) is 1. The molecule has 130 valence electrons. The molecule has 23 heavy (non-hydrogen) atoms. The normalized spacial score (nSPS) is 12.3. The van der Waals surface area contributed by atoms with E-state index in [0.717, 1.165) is 6.07 Å². The summed E-state index contributed by atoms with van der Waals surface area (Å²) in [4.78, 5) is 11.3. The number of carbonyl (C=O) groups excluding carboxylic acids is 1. The first-order valence-corrected chi connectivity index (χ1v) is 7.65. The summed E-state index contributed by atoms with van der Waals surface area (Å²) in [5.74, 6) is -0.779. The van der Waals surface area contributed by atoms with E-state index in [1.807, 2.05) is 0 Å². The lowest BCUT2D eigenvalue weighted by atomic mass is 10.00. The van der Waals surface area contributed by atoms with Gasteiger partial charge in [-0.05, 0) is 37.5 Å². The van der Waals surface area contributed by atoms with Gasteiger partial charge in [0, 0.05) is 4.47 Å². The van der Waals surface area contributed by atoms with Crippen molar-refractivity contribution in [2.45, 2.75) is 31.3 Å². The maximum atomic E-state index is 13.0. The number of nitrogens with one attached hydrogen (secondary N) is 1. The lowest BCUT2D eigenvalue weighted by Crippen LogP contribution is -2.17. The van der Waals surface area contributed by atoms with Gasteiger partial charge in [0.1, 0.15) is 5.71 Å². The van der Waals surface area contributed by atoms with Crippen LogP contribution in [0.1, 0.15) is 36.3 Å². The molecule has 0 saturated carbocycles. The molecule has 0 heterocycles. The lowest BCUT2D eigenvalue weighted by Gasteiger charge is -2.17. The molecule has 0 aromatic heterocycles. The van der Waals surface area contributed by atoms with Crippen molar-refractivity contribution in [3.8, 4) is 0 Å². The largest absolute Gasteiger partial charge is 0.462 e. The molecule has 1 aromatic rings. The third-order valence-corrected chi connectivity index (χ3v) is 3.77. The first-order valence-electron chi connectivity index (χ1n) is 6.42. The molecule has 9 heteroatoms. The number of halogens is 6. The van der Waals surface area contributed by atoms with Crippen LogP contribution in [-0.2, 0) is 15.7 Å². The molecule has 1 N–H and O–H groups in total. The Morgan fingerprint density at radius 3 is 2.57 bits per heavy atom. The lowest BCUT2D eigenvalue weighted by molar-refractivity contribution is -0.138. The number of hydrogen-bond acceptors (Lipinski definition) is 3. The molecule has 1 unspecified atom stereocenters. The minimum absolute atomic E-state index is 0. The predicted molar refractivity (Wildman–Crippen MR) is 88.6 cm³/mol. The molecule has 0 amide bonds. The highest BCUT2D eigenvalue weighted by Crippen LogP contribution is 2.39. The van der Waals surface area contributed by atoms with Crippen molar-refractivity contribution < 1.29 is 22.7 Å². The zero-order valence-electron chi connectivity index (χ0n) is 12.0. The van der Waals surface area contributed by atoms with Gasteiger partial charge in [0.05, 0.1) is 17.5 Å². The van der Waals surface area contributed by atoms with Crippen LogP contribution in [0.4, 0.5) is 13.2 Å². The number of benzene rings is 1. The van der Waals surface area contributed by atoms with Crippen LogP contribution in [0.2, 0.25) is 0 Å². The van der Waals surface area contributed by atoms with E-state index in [0.29, 0.717) is 4.47 Å². The number of rotatable bonds is 6. The molecule has 0 fully saturated rings. The molecule has 1 aromatic carbocycles. The van der Waals surface area contributed by atoms with Crippen molar-refractivity contribution in [3.63, 3.8) is 0 Å². The Balaban J connectivity index is 0.00000484. The average Bonchev–Trinajstić information content (AvgIpc) is 2.43. The molecular formula is C14H15BrCl2F3NO2. The Hall–Kier alpha value is -0.790. The second-order valence-electron chi connectivity index (χ2n) is 4.43. The number of ether oxygens (including phenoxy) is 1. The molecule has 0 aliphatic heterocycles. The van der Waals surface area contributed by atoms with E-state index in [4.69, 9.17) is 17.0 Å². The van der Waals surface area contributed by atoms with Crippen molar-refractivity contribution in [1.29, 1.82) is 5.41 Å². The van der Waals surface area contributed by atoms with Crippen molar-refractivity contribution in [2.24, 2.45) is 0 Å². The summed E-state index contributed by atoms with van der Waals surface area (Å²) in [7, 11) is 0. The fourth-order valence-electron chi connectivity index (χ4n) is 1.79. The van der Waals surface area contributed by atoms with Crippen LogP contribution in [0.15, 0.2) is 22.7 Å². The highest BCUT2D eigenvalue weighted by atomic mass is 79.9. The summed E-state index contributed by atoms with van der Waals surface area (Å²) in [6, 6.07) is 3.72. The molecule has 0 bridgehead atoms. The minimum Gasteiger partial charge on any atom is -0.462 e. The Morgan fingerprint density at radius 1 is 1.43 bits per heavy atom. The minimum atomic E-state index is -4.53.